The van der Waals surface area contributed by atoms with Gasteiger partial charge in [-0.1, -0.05) is 34.6 Å². The van der Waals surface area contributed by atoms with Gasteiger partial charge in [0.05, 0.1) is 0 Å². The van der Waals surface area contributed by atoms with Crippen LogP contribution in [-0.2, 0) is 0 Å². The highest BCUT2D eigenvalue weighted by atomic mass is 15.2. The number of hydrogen-bond donors (Lipinski definition) is 1. The molecule has 0 bridgehead atoms. The van der Waals surface area contributed by atoms with Crippen molar-refractivity contribution >= 4 is 0 Å². The quantitative estimate of drug-likeness (QED) is 0.631. The van der Waals surface area contributed by atoms with Crippen LogP contribution >= 0.6 is 0 Å². The lowest BCUT2D eigenvalue weighted by molar-refractivity contribution is 0.208. The van der Waals surface area contributed by atoms with E-state index in [1.54, 1.807) is 0 Å². The van der Waals surface area contributed by atoms with Crippen molar-refractivity contribution in [1.82, 2.24) is 5.32 Å². The standard InChI is InChI=1S/C11H23N/c1-7-9-11(6,12-9)8(2)10(3,4)5/h8-9,12H,7H2,1-6H3. The molecular formula is C11H23N. The monoisotopic (exact) mass is 169 g/mol. The van der Waals surface area contributed by atoms with Crippen molar-refractivity contribution in [3.05, 3.63) is 0 Å². The van der Waals surface area contributed by atoms with E-state index in [1.807, 2.05) is 0 Å². The molecule has 1 fully saturated rings. The summed E-state index contributed by atoms with van der Waals surface area (Å²) in [5, 5.41) is 3.60. The topological polar surface area (TPSA) is 21.9 Å². The highest BCUT2D eigenvalue weighted by Crippen LogP contribution is 2.44. The molecule has 3 atom stereocenters. The Balaban J connectivity index is 2.61. The zero-order valence-corrected chi connectivity index (χ0v) is 9.36. The molecule has 1 saturated heterocycles. The molecule has 0 aromatic rings. The fourth-order valence-corrected chi connectivity index (χ4v) is 2.19. The molecule has 1 aliphatic heterocycles. The van der Waals surface area contributed by atoms with E-state index in [0.717, 1.165) is 12.0 Å². The van der Waals surface area contributed by atoms with Crippen LogP contribution in [0.5, 0.6) is 0 Å². The van der Waals surface area contributed by atoms with Crippen LogP contribution in [0.25, 0.3) is 0 Å². The Bertz CT molecular complexity index is 168. The van der Waals surface area contributed by atoms with Crippen molar-refractivity contribution in [1.29, 1.82) is 0 Å². The van der Waals surface area contributed by atoms with Crippen molar-refractivity contribution in [3.8, 4) is 0 Å². The molecule has 0 aliphatic carbocycles. The highest BCUT2D eigenvalue weighted by Gasteiger charge is 2.54. The van der Waals surface area contributed by atoms with Gasteiger partial charge in [0.25, 0.3) is 0 Å². The third kappa shape index (κ3) is 1.52. The van der Waals surface area contributed by atoms with Crippen LogP contribution in [-0.4, -0.2) is 11.6 Å². The molecule has 12 heavy (non-hydrogen) atoms. The first kappa shape index (κ1) is 10.0. The fraction of sp³-hybridized carbons (Fsp3) is 1.00. The minimum Gasteiger partial charge on any atom is -0.305 e. The van der Waals surface area contributed by atoms with Gasteiger partial charge in [0, 0.05) is 11.6 Å². The van der Waals surface area contributed by atoms with Gasteiger partial charge in [0.2, 0.25) is 0 Å². The molecule has 0 radical (unpaired) electrons. The molecule has 0 spiro atoms. The van der Waals surface area contributed by atoms with Gasteiger partial charge in [-0.2, -0.15) is 0 Å². The van der Waals surface area contributed by atoms with Crippen LogP contribution in [0.3, 0.4) is 0 Å². The summed E-state index contributed by atoms with van der Waals surface area (Å²) in [4.78, 5) is 0. The predicted molar refractivity (Wildman–Crippen MR) is 54.2 cm³/mol. The first-order chi connectivity index (χ1) is 5.32. The lowest BCUT2D eigenvalue weighted by Crippen LogP contribution is -2.33. The Morgan fingerprint density at radius 2 is 1.92 bits per heavy atom. The molecule has 0 aromatic heterocycles. The summed E-state index contributed by atoms with van der Waals surface area (Å²) in [5.41, 5.74) is 0.832. The molecule has 1 heterocycles. The third-order valence-corrected chi connectivity index (χ3v) is 3.73. The van der Waals surface area contributed by atoms with Crippen molar-refractivity contribution in [2.75, 3.05) is 0 Å². The maximum Gasteiger partial charge on any atom is 0.0340 e. The molecule has 1 nitrogen and oxygen atoms in total. The zero-order valence-electron chi connectivity index (χ0n) is 9.36. The van der Waals surface area contributed by atoms with E-state index in [0.29, 0.717) is 11.0 Å². The molecule has 3 unspecified atom stereocenters. The van der Waals surface area contributed by atoms with E-state index in [9.17, 15) is 0 Å². The van der Waals surface area contributed by atoms with Crippen LogP contribution in [0.4, 0.5) is 0 Å². The minimum absolute atomic E-state index is 0.410. The van der Waals surface area contributed by atoms with Gasteiger partial charge < -0.3 is 5.32 Å². The van der Waals surface area contributed by atoms with Crippen LogP contribution in [0, 0.1) is 11.3 Å². The third-order valence-electron chi connectivity index (χ3n) is 3.73. The second-order valence-electron chi connectivity index (χ2n) is 5.48. The Labute approximate surface area is 76.9 Å². The molecule has 72 valence electrons. The van der Waals surface area contributed by atoms with E-state index < -0.39 is 0 Å². The Hall–Kier alpha value is -0.0400. The van der Waals surface area contributed by atoms with Crippen LogP contribution in [0.2, 0.25) is 0 Å². The SMILES string of the molecule is CCC1NC1(C)C(C)C(C)(C)C. The Morgan fingerprint density at radius 1 is 1.42 bits per heavy atom. The van der Waals surface area contributed by atoms with Gasteiger partial charge in [0.15, 0.2) is 0 Å². The van der Waals surface area contributed by atoms with Crippen LogP contribution in [0.15, 0.2) is 0 Å². The van der Waals surface area contributed by atoms with Gasteiger partial charge >= 0.3 is 0 Å². The Morgan fingerprint density at radius 3 is 2.17 bits per heavy atom. The fourth-order valence-electron chi connectivity index (χ4n) is 2.19. The van der Waals surface area contributed by atoms with Gasteiger partial charge in [-0.05, 0) is 24.7 Å². The molecule has 1 N–H and O–H groups in total. The summed E-state index contributed by atoms with van der Waals surface area (Å²) in [6, 6.07) is 0.756. The highest BCUT2D eigenvalue weighted by molar-refractivity contribution is 5.14. The van der Waals surface area contributed by atoms with E-state index in [1.165, 1.54) is 6.42 Å². The van der Waals surface area contributed by atoms with Gasteiger partial charge in [-0.3, -0.25) is 0 Å². The molecule has 0 saturated carbocycles. The molecule has 1 aliphatic rings. The number of nitrogens with one attached hydrogen (secondary N) is 1. The van der Waals surface area contributed by atoms with E-state index in [2.05, 4.69) is 46.9 Å². The van der Waals surface area contributed by atoms with Gasteiger partial charge in [-0.15, -0.1) is 0 Å². The van der Waals surface area contributed by atoms with E-state index in [4.69, 9.17) is 0 Å². The summed E-state index contributed by atoms with van der Waals surface area (Å²) in [6.45, 7) is 14.0. The summed E-state index contributed by atoms with van der Waals surface area (Å²) < 4.78 is 0. The molecule has 1 rings (SSSR count). The maximum absolute atomic E-state index is 3.60. The van der Waals surface area contributed by atoms with Crippen molar-refractivity contribution in [2.24, 2.45) is 11.3 Å². The first-order valence-electron chi connectivity index (χ1n) is 5.10. The van der Waals surface area contributed by atoms with Crippen molar-refractivity contribution < 1.29 is 0 Å². The lowest BCUT2D eigenvalue weighted by Gasteiger charge is -2.32. The second kappa shape index (κ2) is 2.73. The van der Waals surface area contributed by atoms with E-state index >= 15 is 0 Å². The second-order valence-corrected chi connectivity index (χ2v) is 5.48. The summed E-state index contributed by atoms with van der Waals surface area (Å²) in [7, 11) is 0. The molecule has 1 heteroatoms. The van der Waals surface area contributed by atoms with E-state index in [-0.39, 0.29) is 0 Å². The largest absolute Gasteiger partial charge is 0.305 e. The minimum atomic E-state index is 0.410. The Kier molecular flexibility index (Phi) is 2.28. The molecular weight excluding hydrogens is 146 g/mol. The molecule has 0 amide bonds. The smallest absolute Gasteiger partial charge is 0.0340 e. The predicted octanol–water partition coefficient (Wildman–Crippen LogP) is 2.81. The zero-order chi connectivity index (χ0) is 9.57. The number of hydrogen-bond acceptors (Lipinski definition) is 1. The van der Waals surface area contributed by atoms with Crippen molar-refractivity contribution in [2.45, 2.75) is 59.5 Å². The average molecular weight is 169 g/mol. The van der Waals surface area contributed by atoms with Crippen LogP contribution < -0.4 is 5.32 Å². The number of rotatable bonds is 2. The normalized spacial score (nSPS) is 38.0. The van der Waals surface area contributed by atoms with Crippen molar-refractivity contribution in [3.63, 3.8) is 0 Å². The van der Waals surface area contributed by atoms with Gasteiger partial charge in [-0.25, -0.2) is 0 Å². The summed E-state index contributed by atoms with van der Waals surface area (Å²) >= 11 is 0. The first-order valence-corrected chi connectivity index (χ1v) is 5.10. The summed E-state index contributed by atoms with van der Waals surface area (Å²) in [6.07, 6.45) is 1.26. The summed E-state index contributed by atoms with van der Waals surface area (Å²) in [5.74, 6) is 0.745. The lowest BCUT2D eigenvalue weighted by atomic mass is 9.73. The van der Waals surface area contributed by atoms with Crippen LogP contribution in [0.1, 0.15) is 48.0 Å². The maximum atomic E-state index is 3.60. The molecule has 0 aromatic carbocycles. The van der Waals surface area contributed by atoms with Gasteiger partial charge in [0.1, 0.15) is 0 Å². The average Bonchev–Trinajstić information content (AvgIpc) is 2.60.